The molecule has 2 atom stereocenters. The van der Waals surface area contributed by atoms with Gasteiger partial charge in [-0.1, -0.05) is 11.3 Å². The minimum absolute atomic E-state index is 0.192. The molecule has 0 saturated carbocycles. The Bertz CT molecular complexity index is 483. The molecule has 1 amide bonds. The molecule has 112 valence electrons. The highest BCUT2D eigenvalue weighted by Crippen LogP contribution is 2.31. The number of hydrogen-bond donors (Lipinski definition) is 1. The summed E-state index contributed by atoms with van der Waals surface area (Å²) in [5.41, 5.74) is 0.217. The number of carbonyl (C=O) groups is 1. The first-order chi connectivity index (χ1) is 9.30. The first-order valence-corrected chi connectivity index (χ1v) is 7.33. The number of aromatic nitrogens is 1. The van der Waals surface area contributed by atoms with Crippen LogP contribution in [0.4, 0.5) is 4.79 Å². The van der Waals surface area contributed by atoms with Gasteiger partial charge in [-0.15, -0.1) is 0 Å². The molecule has 0 radical (unpaired) electrons. The summed E-state index contributed by atoms with van der Waals surface area (Å²) in [4.78, 5) is 17.8. The number of nitrogens with zero attached hydrogens (tertiary/aromatic N) is 2. The maximum Gasteiger partial charge on any atom is 0.410 e. The molecule has 1 aliphatic heterocycles. The Kier molecular flexibility index (Phi) is 4.19. The van der Waals surface area contributed by atoms with Crippen LogP contribution >= 0.6 is 11.3 Å². The monoisotopic (exact) mass is 300 g/mol. The second-order valence-corrected chi connectivity index (χ2v) is 6.62. The van der Waals surface area contributed by atoms with Gasteiger partial charge in [0.05, 0.1) is 25.5 Å². The van der Waals surface area contributed by atoms with Gasteiger partial charge in [0.2, 0.25) is 0 Å². The summed E-state index contributed by atoms with van der Waals surface area (Å²) >= 11 is 1.38. The molecule has 7 heteroatoms. The zero-order valence-corrected chi connectivity index (χ0v) is 12.9. The molecule has 1 fully saturated rings. The Labute approximate surface area is 122 Å². The van der Waals surface area contributed by atoms with E-state index in [9.17, 15) is 9.90 Å². The SMILES string of the molecule is COc1nc([C@@H]2CN(C(=O)OC(C)(C)C)C[C@H]2O)cs1. The highest BCUT2D eigenvalue weighted by atomic mass is 32.1. The van der Waals surface area contributed by atoms with Crippen LogP contribution in [0.5, 0.6) is 5.19 Å². The molecule has 2 rings (SSSR count). The summed E-state index contributed by atoms with van der Waals surface area (Å²) in [7, 11) is 1.56. The van der Waals surface area contributed by atoms with E-state index in [0.717, 1.165) is 5.69 Å². The Morgan fingerprint density at radius 2 is 2.20 bits per heavy atom. The van der Waals surface area contributed by atoms with Crippen LogP contribution in [0.15, 0.2) is 5.38 Å². The van der Waals surface area contributed by atoms with Crippen molar-refractivity contribution in [2.45, 2.75) is 38.4 Å². The smallest absolute Gasteiger partial charge is 0.410 e. The van der Waals surface area contributed by atoms with Crippen LogP contribution in [0.3, 0.4) is 0 Å². The number of methoxy groups -OCH3 is 1. The summed E-state index contributed by atoms with van der Waals surface area (Å²) < 4.78 is 10.4. The molecule has 1 saturated heterocycles. The van der Waals surface area contributed by atoms with Crippen molar-refractivity contribution in [1.82, 2.24) is 9.88 Å². The van der Waals surface area contributed by atoms with E-state index in [1.807, 2.05) is 26.2 Å². The number of carbonyl (C=O) groups excluding carboxylic acids is 1. The van der Waals surface area contributed by atoms with Crippen molar-refractivity contribution in [3.05, 3.63) is 11.1 Å². The van der Waals surface area contributed by atoms with Crippen LogP contribution < -0.4 is 4.74 Å². The summed E-state index contributed by atoms with van der Waals surface area (Å²) in [5, 5.41) is 12.5. The van der Waals surface area contributed by atoms with Gasteiger partial charge < -0.3 is 19.5 Å². The van der Waals surface area contributed by atoms with E-state index in [1.54, 1.807) is 7.11 Å². The number of ether oxygens (including phenoxy) is 2. The molecule has 20 heavy (non-hydrogen) atoms. The van der Waals surface area contributed by atoms with Gasteiger partial charge in [-0.05, 0) is 20.8 Å². The number of amides is 1. The molecular formula is C13H20N2O4S. The first-order valence-electron chi connectivity index (χ1n) is 6.45. The van der Waals surface area contributed by atoms with Gasteiger partial charge in [0.1, 0.15) is 5.60 Å². The lowest BCUT2D eigenvalue weighted by Crippen LogP contribution is -2.35. The van der Waals surface area contributed by atoms with Crippen molar-refractivity contribution in [2.24, 2.45) is 0 Å². The van der Waals surface area contributed by atoms with E-state index in [-0.39, 0.29) is 12.5 Å². The van der Waals surface area contributed by atoms with Gasteiger partial charge in [0.15, 0.2) is 0 Å². The van der Waals surface area contributed by atoms with Crippen LogP contribution in [0.25, 0.3) is 0 Å². The van der Waals surface area contributed by atoms with E-state index in [0.29, 0.717) is 11.7 Å². The molecule has 1 aliphatic rings. The molecule has 0 unspecified atom stereocenters. The van der Waals surface area contributed by atoms with Gasteiger partial charge in [-0.2, -0.15) is 0 Å². The van der Waals surface area contributed by atoms with Crippen molar-refractivity contribution in [3.8, 4) is 5.19 Å². The molecule has 0 bridgehead atoms. The number of aliphatic hydroxyl groups excluding tert-OH is 1. The van der Waals surface area contributed by atoms with E-state index < -0.39 is 17.8 Å². The summed E-state index contributed by atoms with van der Waals surface area (Å²) in [6.07, 6.45) is -1.03. The van der Waals surface area contributed by atoms with Crippen LogP contribution in [0.1, 0.15) is 32.4 Å². The topological polar surface area (TPSA) is 71.9 Å². The van der Waals surface area contributed by atoms with Gasteiger partial charge in [0, 0.05) is 17.8 Å². The highest BCUT2D eigenvalue weighted by molar-refractivity contribution is 7.11. The maximum absolute atomic E-state index is 12.0. The number of β-amino-alcohol motifs (C(OH)–C–C–N with tert-alkyl or cyclic N) is 1. The summed E-state index contributed by atoms with van der Waals surface area (Å²) in [5.74, 6) is -0.192. The Balaban J connectivity index is 2.03. The Morgan fingerprint density at radius 3 is 2.75 bits per heavy atom. The van der Waals surface area contributed by atoms with E-state index >= 15 is 0 Å². The maximum atomic E-state index is 12.0. The van der Waals surface area contributed by atoms with Gasteiger partial charge in [-0.25, -0.2) is 9.78 Å². The van der Waals surface area contributed by atoms with Gasteiger partial charge in [0.25, 0.3) is 5.19 Å². The normalized spacial score (nSPS) is 22.9. The Hall–Kier alpha value is -1.34. The number of likely N-dealkylation sites (tertiary alicyclic amines) is 1. The van der Waals surface area contributed by atoms with Crippen molar-refractivity contribution >= 4 is 17.4 Å². The molecule has 2 heterocycles. The van der Waals surface area contributed by atoms with Gasteiger partial charge in [-0.3, -0.25) is 0 Å². The average Bonchev–Trinajstić information content (AvgIpc) is 2.92. The third kappa shape index (κ3) is 3.40. The summed E-state index contributed by atoms with van der Waals surface area (Å²) in [6, 6.07) is 0. The molecule has 1 aromatic rings. The minimum Gasteiger partial charge on any atom is -0.473 e. The van der Waals surface area contributed by atoms with Crippen molar-refractivity contribution in [2.75, 3.05) is 20.2 Å². The third-order valence-electron chi connectivity index (χ3n) is 3.00. The fraction of sp³-hybridized carbons (Fsp3) is 0.692. The van der Waals surface area contributed by atoms with Crippen molar-refractivity contribution in [3.63, 3.8) is 0 Å². The zero-order valence-electron chi connectivity index (χ0n) is 12.1. The molecule has 0 aromatic carbocycles. The van der Waals surface area contributed by atoms with E-state index in [4.69, 9.17) is 9.47 Å². The second kappa shape index (κ2) is 5.57. The van der Waals surface area contributed by atoms with E-state index in [2.05, 4.69) is 4.98 Å². The molecule has 1 N–H and O–H groups in total. The first kappa shape index (κ1) is 15.1. The molecule has 0 spiro atoms. The van der Waals surface area contributed by atoms with Crippen LogP contribution in [0, 0.1) is 0 Å². The van der Waals surface area contributed by atoms with Crippen molar-refractivity contribution < 1.29 is 19.4 Å². The zero-order chi connectivity index (χ0) is 14.9. The third-order valence-corrected chi connectivity index (χ3v) is 3.82. The largest absolute Gasteiger partial charge is 0.473 e. The average molecular weight is 300 g/mol. The van der Waals surface area contributed by atoms with Crippen LogP contribution in [-0.2, 0) is 4.74 Å². The lowest BCUT2D eigenvalue weighted by atomic mass is 10.0. The Morgan fingerprint density at radius 1 is 1.50 bits per heavy atom. The summed E-state index contributed by atoms with van der Waals surface area (Å²) in [6.45, 7) is 6.13. The fourth-order valence-electron chi connectivity index (χ4n) is 2.09. The highest BCUT2D eigenvalue weighted by Gasteiger charge is 2.38. The minimum atomic E-state index is -0.630. The molecule has 1 aromatic heterocycles. The predicted octanol–water partition coefficient (Wildman–Crippen LogP) is 1.85. The number of aliphatic hydroxyl groups is 1. The fourth-order valence-corrected chi connectivity index (χ4v) is 2.79. The van der Waals surface area contributed by atoms with E-state index in [1.165, 1.54) is 16.2 Å². The predicted molar refractivity (Wildman–Crippen MR) is 75.2 cm³/mol. The molecular weight excluding hydrogens is 280 g/mol. The molecule has 0 aliphatic carbocycles. The quantitative estimate of drug-likeness (QED) is 0.902. The van der Waals surface area contributed by atoms with Gasteiger partial charge >= 0.3 is 6.09 Å². The second-order valence-electron chi connectivity index (χ2n) is 5.80. The van der Waals surface area contributed by atoms with Crippen LogP contribution in [0.2, 0.25) is 0 Å². The number of thiazole rings is 1. The number of rotatable bonds is 2. The lowest BCUT2D eigenvalue weighted by molar-refractivity contribution is 0.0270. The van der Waals surface area contributed by atoms with Crippen molar-refractivity contribution in [1.29, 1.82) is 0 Å². The lowest BCUT2D eigenvalue weighted by Gasteiger charge is -2.24. The van der Waals surface area contributed by atoms with Crippen LogP contribution in [-0.4, -0.2) is 53.0 Å². The standard InChI is InChI=1S/C13H20N2O4S/c1-13(2,3)19-12(17)15-5-8(10(16)6-15)9-7-20-11(14-9)18-4/h7-8,10,16H,5-6H2,1-4H3/t8-,10+/m0/s1. The number of hydrogen-bond acceptors (Lipinski definition) is 6. The molecule has 6 nitrogen and oxygen atoms in total.